The van der Waals surface area contributed by atoms with Crippen molar-refractivity contribution in [3.05, 3.63) is 24.3 Å². The summed E-state index contributed by atoms with van der Waals surface area (Å²) in [6, 6.07) is 7.58. The summed E-state index contributed by atoms with van der Waals surface area (Å²) in [5.74, 6) is 2.22. The topological polar surface area (TPSA) is 48.0 Å². The fraction of sp³-hybridized carbons (Fsp3) is 0.588. The van der Waals surface area contributed by atoms with Crippen LogP contribution >= 0.6 is 0 Å². The lowest BCUT2D eigenvalue weighted by Gasteiger charge is -2.32. The van der Waals surface area contributed by atoms with E-state index in [1.54, 1.807) is 14.2 Å². The number of amides is 1. The van der Waals surface area contributed by atoms with E-state index in [4.69, 9.17) is 14.2 Å². The molecule has 0 radical (unpaired) electrons. The Labute approximate surface area is 132 Å². The number of hydrogen-bond acceptors (Lipinski definition) is 4. The molecule has 1 heterocycles. The Hall–Kier alpha value is -1.75. The summed E-state index contributed by atoms with van der Waals surface area (Å²) in [6.07, 6.45) is 2.60. The Kier molecular flexibility index (Phi) is 6.52. The first-order valence-electron chi connectivity index (χ1n) is 7.76. The molecule has 5 nitrogen and oxygen atoms in total. The highest BCUT2D eigenvalue weighted by molar-refractivity contribution is 5.76. The normalized spacial score (nSPS) is 18.1. The first-order valence-corrected chi connectivity index (χ1v) is 7.76. The number of hydrogen-bond donors (Lipinski definition) is 0. The van der Waals surface area contributed by atoms with E-state index in [0.717, 1.165) is 37.4 Å². The maximum Gasteiger partial charge on any atom is 0.224 e. The van der Waals surface area contributed by atoms with E-state index in [9.17, 15) is 4.79 Å². The molecule has 0 aliphatic carbocycles. The third-order valence-electron chi connectivity index (χ3n) is 3.94. The number of methoxy groups -OCH3 is 2. The second-order valence-electron chi connectivity index (χ2n) is 5.58. The highest BCUT2D eigenvalue weighted by atomic mass is 16.5. The van der Waals surface area contributed by atoms with Crippen LogP contribution in [0.25, 0.3) is 0 Å². The molecular weight excluding hydrogens is 282 g/mol. The van der Waals surface area contributed by atoms with E-state index in [0.29, 0.717) is 25.6 Å². The van der Waals surface area contributed by atoms with E-state index < -0.39 is 0 Å². The minimum atomic E-state index is 0.177. The molecule has 0 unspecified atom stereocenters. The van der Waals surface area contributed by atoms with Crippen LogP contribution in [0.15, 0.2) is 24.3 Å². The fourth-order valence-electron chi connectivity index (χ4n) is 2.66. The van der Waals surface area contributed by atoms with Crippen molar-refractivity contribution in [3.63, 3.8) is 0 Å². The fourth-order valence-corrected chi connectivity index (χ4v) is 2.66. The maximum atomic E-state index is 12.0. The first kappa shape index (κ1) is 16.6. The summed E-state index contributed by atoms with van der Waals surface area (Å²) in [4.78, 5) is 14.0. The second kappa shape index (κ2) is 8.63. The van der Waals surface area contributed by atoms with Crippen molar-refractivity contribution in [3.8, 4) is 11.5 Å². The Morgan fingerprint density at radius 2 is 1.95 bits per heavy atom. The summed E-state index contributed by atoms with van der Waals surface area (Å²) in [5, 5.41) is 0. The molecule has 0 spiro atoms. The highest BCUT2D eigenvalue weighted by Gasteiger charge is 2.23. The zero-order chi connectivity index (χ0) is 15.8. The maximum absolute atomic E-state index is 12.0. The van der Waals surface area contributed by atoms with Gasteiger partial charge in [-0.1, -0.05) is 0 Å². The summed E-state index contributed by atoms with van der Waals surface area (Å²) >= 11 is 0. The number of nitrogens with zero attached hydrogens (tertiary/aromatic N) is 1. The molecule has 22 heavy (non-hydrogen) atoms. The monoisotopic (exact) mass is 307 g/mol. The van der Waals surface area contributed by atoms with Gasteiger partial charge in [0.2, 0.25) is 5.91 Å². The van der Waals surface area contributed by atoms with Gasteiger partial charge in [0.1, 0.15) is 11.5 Å². The lowest BCUT2D eigenvalue weighted by Crippen LogP contribution is -2.41. The van der Waals surface area contributed by atoms with Crippen LogP contribution in [0.2, 0.25) is 0 Å². The molecule has 1 amide bonds. The van der Waals surface area contributed by atoms with Gasteiger partial charge in [-0.15, -0.1) is 0 Å². The number of rotatable bonds is 7. The van der Waals surface area contributed by atoms with Gasteiger partial charge in [-0.25, -0.2) is 0 Å². The molecule has 1 aliphatic heterocycles. The van der Waals surface area contributed by atoms with Crippen molar-refractivity contribution in [2.45, 2.75) is 19.3 Å². The molecule has 1 aromatic rings. The minimum Gasteiger partial charge on any atom is -0.497 e. The van der Waals surface area contributed by atoms with Gasteiger partial charge in [0, 0.05) is 26.1 Å². The molecule has 0 saturated carbocycles. The second-order valence-corrected chi connectivity index (χ2v) is 5.58. The largest absolute Gasteiger partial charge is 0.497 e. The van der Waals surface area contributed by atoms with E-state index >= 15 is 0 Å². The van der Waals surface area contributed by atoms with Crippen molar-refractivity contribution in [2.24, 2.45) is 5.92 Å². The third kappa shape index (κ3) is 4.91. The summed E-state index contributed by atoms with van der Waals surface area (Å²) in [6.45, 7) is 2.75. The van der Waals surface area contributed by atoms with Crippen LogP contribution in [-0.4, -0.2) is 51.3 Å². The number of benzene rings is 1. The minimum absolute atomic E-state index is 0.177. The molecule has 0 bridgehead atoms. The molecule has 1 fully saturated rings. The predicted molar refractivity (Wildman–Crippen MR) is 84.3 cm³/mol. The summed E-state index contributed by atoms with van der Waals surface area (Å²) in [5.41, 5.74) is 0. The van der Waals surface area contributed by atoms with Crippen molar-refractivity contribution in [2.75, 3.05) is 40.5 Å². The van der Waals surface area contributed by atoms with Crippen molar-refractivity contribution < 1.29 is 19.0 Å². The Morgan fingerprint density at radius 1 is 1.23 bits per heavy atom. The quantitative estimate of drug-likeness (QED) is 0.776. The van der Waals surface area contributed by atoms with Crippen LogP contribution in [0.1, 0.15) is 19.3 Å². The predicted octanol–water partition coefficient (Wildman–Crippen LogP) is 2.35. The lowest BCUT2D eigenvalue weighted by atomic mass is 9.98. The van der Waals surface area contributed by atoms with E-state index in [1.807, 2.05) is 29.2 Å². The SMILES string of the molecule is COCCC(=O)N1CCC[C@@H](COc2ccc(OC)cc2)C1. The number of likely N-dealkylation sites (tertiary alicyclic amines) is 1. The van der Waals surface area contributed by atoms with E-state index in [2.05, 4.69) is 0 Å². The molecule has 5 heteroatoms. The zero-order valence-electron chi connectivity index (χ0n) is 13.4. The number of carbonyl (C=O) groups excluding carboxylic acids is 1. The van der Waals surface area contributed by atoms with Gasteiger partial charge < -0.3 is 19.1 Å². The smallest absolute Gasteiger partial charge is 0.224 e. The van der Waals surface area contributed by atoms with Gasteiger partial charge in [0.15, 0.2) is 0 Å². The zero-order valence-corrected chi connectivity index (χ0v) is 13.4. The average molecular weight is 307 g/mol. The molecule has 0 N–H and O–H groups in total. The van der Waals surface area contributed by atoms with Gasteiger partial charge >= 0.3 is 0 Å². The van der Waals surface area contributed by atoms with Crippen LogP contribution in [0, 0.1) is 5.92 Å². The highest BCUT2D eigenvalue weighted by Crippen LogP contribution is 2.21. The van der Waals surface area contributed by atoms with Crippen molar-refractivity contribution in [1.82, 2.24) is 4.90 Å². The molecule has 2 rings (SSSR count). The first-order chi connectivity index (χ1) is 10.7. The number of piperidine rings is 1. The van der Waals surface area contributed by atoms with E-state index in [1.165, 1.54) is 0 Å². The van der Waals surface area contributed by atoms with Crippen LogP contribution in [0.3, 0.4) is 0 Å². The Balaban J connectivity index is 1.78. The van der Waals surface area contributed by atoms with Gasteiger partial charge in [-0.3, -0.25) is 4.79 Å². The third-order valence-corrected chi connectivity index (χ3v) is 3.94. The molecule has 1 atom stereocenters. The molecular formula is C17H25NO4. The number of ether oxygens (including phenoxy) is 3. The van der Waals surface area contributed by atoms with Crippen LogP contribution in [0.5, 0.6) is 11.5 Å². The van der Waals surface area contributed by atoms with Crippen LogP contribution in [0.4, 0.5) is 0 Å². The van der Waals surface area contributed by atoms with E-state index in [-0.39, 0.29) is 5.91 Å². The van der Waals surface area contributed by atoms with Gasteiger partial charge in [0.05, 0.1) is 26.7 Å². The standard InChI is InChI=1S/C17H25NO4/c1-20-11-9-17(19)18-10-3-4-14(12-18)13-22-16-7-5-15(21-2)6-8-16/h5-8,14H,3-4,9-13H2,1-2H3/t14-/m1/s1. The van der Waals surface area contributed by atoms with Gasteiger partial charge in [-0.05, 0) is 37.1 Å². The molecule has 1 aliphatic rings. The lowest BCUT2D eigenvalue weighted by molar-refractivity contribution is -0.134. The molecule has 122 valence electrons. The Bertz CT molecular complexity index is 460. The number of carbonyl (C=O) groups is 1. The van der Waals surface area contributed by atoms with Crippen molar-refractivity contribution in [1.29, 1.82) is 0 Å². The molecule has 0 aromatic heterocycles. The Morgan fingerprint density at radius 3 is 2.64 bits per heavy atom. The summed E-state index contributed by atoms with van der Waals surface area (Å²) in [7, 11) is 3.27. The summed E-state index contributed by atoms with van der Waals surface area (Å²) < 4.78 is 15.9. The average Bonchev–Trinajstić information content (AvgIpc) is 2.58. The van der Waals surface area contributed by atoms with Crippen LogP contribution in [-0.2, 0) is 9.53 Å². The van der Waals surface area contributed by atoms with Gasteiger partial charge in [-0.2, -0.15) is 0 Å². The van der Waals surface area contributed by atoms with Gasteiger partial charge in [0.25, 0.3) is 0 Å². The van der Waals surface area contributed by atoms with Crippen LogP contribution < -0.4 is 9.47 Å². The molecule has 1 saturated heterocycles. The molecule has 1 aromatic carbocycles. The van der Waals surface area contributed by atoms with Crippen molar-refractivity contribution >= 4 is 5.91 Å².